The van der Waals surface area contributed by atoms with E-state index in [1.54, 1.807) is 20.8 Å². The maximum atomic E-state index is 12.1. The highest BCUT2D eigenvalue weighted by Gasteiger charge is 2.43. The van der Waals surface area contributed by atoms with E-state index in [9.17, 15) is 24.3 Å². The van der Waals surface area contributed by atoms with Crippen LogP contribution in [0.2, 0.25) is 0 Å². The number of hydrogen-bond donors (Lipinski definition) is 1. The van der Waals surface area contributed by atoms with Crippen molar-refractivity contribution in [1.82, 2.24) is 0 Å². The lowest BCUT2D eigenvalue weighted by Crippen LogP contribution is -2.44. The first kappa shape index (κ1) is 47.0. The maximum Gasteiger partial charge on any atom is 0.339 e. The van der Waals surface area contributed by atoms with Gasteiger partial charge in [-0.15, -0.1) is 0 Å². The minimum Gasteiger partial charge on any atom is -0.466 e. The van der Waals surface area contributed by atoms with Crippen LogP contribution >= 0.6 is 0 Å². The van der Waals surface area contributed by atoms with Crippen LogP contribution in [0.4, 0.5) is 0 Å². The van der Waals surface area contributed by atoms with Crippen molar-refractivity contribution in [2.75, 3.05) is 26.4 Å². The Bertz CT molecular complexity index is 748. The lowest BCUT2D eigenvalue weighted by Gasteiger charge is -2.23. The Hall–Kier alpha value is -2.16. The first-order valence-corrected chi connectivity index (χ1v) is 19.0. The zero-order valence-corrected chi connectivity index (χ0v) is 31.2. The molecule has 1 atom stereocenters. The summed E-state index contributed by atoms with van der Waals surface area (Å²) >= 11 is 0. The number of hydrogen-bond acceptors (Lipinski definition) is 9. The molecule has 0 amide bonds. The van der Waals surface area contributed by atoms with Crippen LogP contribution in [0.5, 0.6) is 0 Å². The summed E-state index contributed by atoms with van der Waals surface area (Å²) in [5, 5.41) is 10.1. The van der Waals surface area contributed by atoms with Crippen molar-refractivity contribution in [3.8, 4) is 0 Å². The Morgan fingerprint density at radius 1 is 0.511 bits per heavy atom. The monoisotopic (exact) mass is 673 g/mol. The Morgan fingerprint density at radius 3 is 1.28 bits per heavy atom. The summed E-state index contributed by atoms with van der Waals surface area (Å²) in [4.78, 5) is 46.5. The number of carbonyl (C=O) groups is 4. The van der Waals surface area contributed by atoms with Gasteiger partial charge in [0.1, 0.15) is 0 Å². The normalized spacial score (nSPS) is 11.6. The van der Waals surface area contributed by atoms with E-state index in [-0.39, 0.29) is 31.7 Å². The van der Waals surface area contributed by atoms with Crippen molar-refractivity contribution in [1.29, 1.82) is 0 Å². The zero-order chi connectivity index (χ0) is 35.6. The molecule has 0 rings (SSSR count). The van der Waals surface area contributed by atoms with Gasteiger partial charge in [-0.1, -0.05) is 130 Å². The van der Waals surface area contributed by atoms with Crippen LogP contribution < -0.4 is 0 Å². The molecule has 0 bridgehead atoms. The molecule has 0 fully saturated rings. The summed E-state index contributed by atoms with van der Waals surface area (Å²) in [5.41, 5.74) is -2.26. The molecule has 0 heterocycles. The van der Waals surface area contributed by atoms with Gasteiger partial charge in [0.25, 0.3) is 0 Å². The van der Waals surface area contributed by atoms with E-state index in [2.05, 4.69) is 35.0 Å². The van der Waals surface area contributed by atoms with Gasteiger partial charge in [0.05, 0.1) is 45.2 Å². The first-order chi connectivity index (χ1) is 22.6. The summed E-state index contributed by atoms with van der Waals surface area (Å²) in [6.07, 6.45) is 24.7. The predicted octanol–water partition coefficient (Wildman–Crippen LogP) is 9.19. The minimum atomic E-state index is -2.26. The van der Waals surface area contributed by atoms with Crippen molar-refractivity contribution in [3.05, 3.63) is 0 Å². The van der Waals surface area contributed by atoms with Gasteiger partial charge in [0, 0.05) is 0 Å². The molecule has 0 aliphatic carbocycles. The van der Waals surface area contributed by atoms with Crippen LogP contribution in [-0.4, -0.2) is 61.0 Å². The fourth-order valence-electron chi connectivity index (χ4n) is 5.27. The third kappa shape index (κ3) is 28.6. The van der Waals surface area contributed by atoms with E-state index in [4.69, 9.17) is 4.74 Å². The molecule has 0 spiro atoms. The van der Waals surface area contributed by atoms with Gasteiger partial charge in [0.15, 0.2) is 5.60 Å². The van der Waals surface area contributed by atoms with E-state index in [1.165, 1.54) is 109 Å². The molecule has 1 unspecified atom stereocenters. The smallest absolute Gasteiger partial charge is 0.339 e. The average molecular weight is 673 g/mol. The second-order valence-corrected chi connectivity index (χ2v) is 12.4. The van der Waals surface area contributed by atoms with Crippen molar-refractivity contribution < 1.29 is 43.2 Å². The fourth-order valence-corrected chi connectivity index (χ4v) is 5.27. The summed E-state index contributed by atoms with van der Waals surface area (Å²) in [7, 11) is 0. The number of unbranched alkanes of at least 4 members (excludes halogenated alkanes) is 16. The van der Waals surface area contributed by atoms with E-state index in [0.717, 1.165) is 19.3 Å². The Labute approximate surface area is 287 Å². The fraction of sp³-hybridized carbons (Fsp3) is 0.895. The van der Waals surface area contributed by atoms with E-state index < -0.39 is 36.4 Å². The van der Waals surface area contributed by atoms with Gasteiger partial charge in [-0.3, -0.25) is 14.4 Å². The summed E-state index contributed by atoms with van der Waals surface area (Å²) in [6, 6.07) is 0. The first-order valence-electron chi connectivity index (χ1n) is 19.0. The standard InChI is InChI=1S/C26H52O2.C12H20O7/c1-4-7-9-11-12-13-14-15-16-17-18-19-20-21-23-25(6-3)26(27)28-24-22-10-8-5-2;1-4-17-9(13)7-12(16,11(15)19-6-3)8-10(14)18-5-2/h25H,4-24H2,1-3H3;16H,4-8H2,1-3H3. The highest BCUT2D eigenvalue weighted by Crippen LogP contribution is 2.20. The molecular formula is C38H72O9. The van der Waals surface area contributed by atoms with Gasteiger partial charge in [-0.05, 0) is 40.0 Å². The van der Waals surface area contributed by atoms with Gasteiger partial charge in [-0.2, -0.15) is 0 Å². The molecule has 278 valence electrons. The minimum absolute atomic E-state index is 0.0206. The number of rotatable bonds is 30. The molecule has 0 aromatic heterocycles. The second kappa shape index (κ2) is 33.7. The lowest BCUT2D eigenvalue weighted by molar-refractivity contribution is -0.177. The molecule has 9 nitrogen and oxygen atoms in total. The van der Waals surface area contributed by atoms with Crippen molar-refractivity contribution in [2.24, 2.45) is 5.92 Å². The van der Waals surface area contributed by atoms with Crippen LogP contribution in [-0.2, 0) is 38.1 Å². The summed E-state index contributed by atoms with van der Waals surface area (Å²) in [5.74, 6) is -2.45. The van der Waals surface area contributed by atoms with Crippen molar-refractivity contribution >= 4 is 23.9 Å². The Kier molecular flexibility index (Phi) is 33.7. The number of esters is 4. The van der Waals surface area contributed by atoms with Crippen LogP contribution in [0, 0.1) is 5.92 Å². The largest absolute Gasteiger partial charge is 0.466 e. The molecule has 0 saturated carbocycles. The highest BCUT2D eigenvalue weighted by atomic mass is 16.6. The number of ether oxygens (including phenoxy) is 4. The van der Waals surface area contributed by atoms with Crippen LogP contribution in [0.1, 0.15) is 183 Å². The second-order valence-electron chi connectivity index (χ2n) is 12.4. The molecule has 9 heteroatoms. The molecule has 0 aliphatic rings. The molecular weight excluding hydrogens is 600 g/mol. The van der Waals surface area contributed by atoms with Crippen LogP contribution in [0.25, 0.3) is 0 Å². The Balaban J connectivity index is 0. The van der Waals surface area contributed by atoms with Gasteiger partial charge >= 0.3 is 23.9 Å². The van der Waals surface area contributed by atoms with Gasteiger partial charge < -0.3 is 24.1 Å². The van der Waals surface area contributed by atoms with E-state index >= 15 is 0 Å². The number of carbonyl (C=O) groups excluding carboxylic acids is 4. The molecule has 47 heavy (non-hydrogen) atoms. The Morgan fingerprint density at radius 2 is 0.894 bits per heavy atom. The summed E-state index contributed by atoms with van der Waals surface area (Å²) in [6.45, 7) is 12.2. The molecule has 0 aromatic rings. The molecule has 0 aromatic carbocycles. The summed E-state index contributed by atoms with van der Waals surface area (Å²) < 4.78 is 19.4. The quantitative estimate of drug-likeness (QED) is 0.0451. The van der Waals surface area contributed by atoms with Crippen molar-refractivity contribution in [2.45, 2.75) is 188 Å². The number of aliphatic hydroxyl groups is 1. The third-order valence-electron chi connectivity index (χ3n) is 8.11. The van der Waals surface area contributed by atoms with E-state index in [0.29, 0.717) is 6.61 Å². The zero-order valence-electron chi connectivity index (χ0n) is 31.2. The topological polar surface area (TPSA) is 125 Å². The molecule has 0 radical (unpaired) electrons. The molecule has 0 aliphatic heterocycles. The van der Waals surface area contributed by atoms with Gasteiger partial charge in [0.2, 0.25) is 0 Å². The van der Waals surface area contributed by atoms with Gasteiger partial charge in [-0.25, -0.2) is 4.79 Å². The average Bonchev–Trinajstić information content (AvgIpc) is 3.03. The SMILES string of the molecule is CCCCCCCCCCCCCCCCC(CC)C(=O)OCCCCCC.CCOC(=O)CC(O)(CC(=O)OCC)C(=O)OCC. The molecule has 0 saturated heterocycles. The van der Waals surface area contributed by atoms with E-state index in [1.807, 2.05) is 0 Å². The molecule has 1 N–H and O–H groups in total. The maximum absolute atomic E-state index is 12.1. The van der Waals surface area contributed by atoms with Crippen LogP contribution in [0.3, 0.4) is 0 Å². The highest BCUT2D eigenvalue weighted by molar-refractivity contribution is 5.90. The third-order valence-corrected chi connectivity index (χ3v) is 8.11. The van der Waals surface area contributed by atoms with Crippen LogP contribution in [0.15, 0.2) is 0 Å². The lowest BCUT2D eigenvalue weighted by atomic mass is 9.95. The predicted molar refractivity (Wildman–Crippen MR) is 188 cm³/mol. The van der Waals surface area contributed by atoms with Crippen molar-refractivity contribution in [3.63, 3.8) is 0 Å².